The van der Waals surface area contributed by atoms with Crippen LogP contribution in [0.4, 0.5) is 0 Å². The smallest absolute Gasteiger partial charge is 0.0230 e. The van der Waals surface area contributed by atoms with E-state index < -0.39 is 0 Å². The molecule has 0 spiro atoms. The summed E-state index contributed by atoms with van der Waals surface area (Å²) in [7, 11) is 4.24. The van der Waals surface area contributed by atoms with Crippen LogP contribution in [0.5, 0.6) is 0 Å². The van der Waals surface area contributed by atoms with E-state index in [1.54, 1.807) is 0 Å². The Bertz CT molecular complexity index is 300. The number of benzene rings is 1. The molecule has 0 aliphatic heterocycles. The van der Waals surface area contributed by atoms with Crippen molar-refractivity contribution in [1.82, 2.24) is 4.90 Å². The molecule has 78 valence electrons. The molecule has 0 aromatic heterocycles. The lowest BCUT2D eigenvalue weighted by Crippen LogP contribution is -2.13. The number of nitrogens with zero attached hydrogens (tertiary/aromatic N) is 1. The maximum Gasteiger partial charge on any atom is 0.0230 e. The summed E-state index contributed by atoms with van der Waals surface area (Å²) in [5, 5.41) is 0. The largest absolute Gasteiger partial charge is 0.305 e. The van der Waals surface area contributed by atoms with Gasteiger partial charge in [0.25, 0.3) is 0 Å². The van der Waals surface area contributed by atoms with Crippen molar-refractivity contribution in [3.05, 3.63) is 34.9 Å². The molecule has 1 heteroatoms. The molecule has 0 aliphatic rings. The Morgan fingerprint density at radius 3 is 2.36 bits per heavy atom. The number of aryl methyl sites for hydroxylation is 1. The van der Waals surface area contributed by atoms with Crippen molar-refractivity contribution in [2.75, 3.05) is 14.1 Å². The predicted octanol–water partition coefficient (Wildman–Crippen LogP) is 3.18. The van der Waals surface area contributed by atoms with Gasteiger partial charge in [0.1, 0.15) is 0 Å². The van der Waals surface area contributed by atoms with Gasteiger partial charge in [-0.05, 0) is 38.1 Å². The van der Waals surface area contributed by atoms with Gasteiger partial charge in [-0.15, -0.1) is 0 Å². The fraction of sp³-hybridized carbons (Fsp3) is 0.538. The van der Waals surface area contributed by atoms with Gasteiger partial charge in [-0.25, -0.2) is 0 Å². The van der Waals surface area contributed by atoms with Crippen LogP contribution < -0.4 is 0 Å². The molecule has 1 rings (SSSR count). The SMILES string of the molecule is Cc1ccc(C(C)C)c(CN(C)C)c1. The van der Waals surface area contributed by atoms with Crippen LogP contribution in [-0.4, -0.2) is 19.0 Å². The predicted molar refractivity (Wildman–Crippen MR) is 62.7 cm³/mol. The molecule has 0 amide bonds. The Kier molecular flexibility index (Phi) is 3.70. The maximum absolute atomic E-state index is 2.30. The highest BCUT2D eigenvalue weighted by Crippen LogP contribution is 2.21. The summed E-state index contributed by atoms with van der Waals surface area (Å²) in [5.74, 6) is 0.616. The van der Waals surface area contributed by atoms with Crippen LogP contribution in [0.1, 0.15) is 36.5 Å². The number of rotatable bonds is 3. The van der Waals surface area contributed by atoms with E-state index in [2.05, 4.69) is 58.0 Å². The summed E-state index contributed by atoms with van der Waals surface area (Å²) in [6.45, 7) is 7.70. The summed E-state index contributed by atoms with van der Waals surface area (Å²) < 4.78 is 0. The highest BCUT2D eigenvalue weighted by Gasteiger charge is 2.07. The van der Waals surface area contributed by atoms with Gasteiger partial charge in [0, 0.05) is 6.54 Å². The zero-order valence-electron chi connectivity index (χ0n) is 9.96. The summed E-state index contributed by atoms with van der Waals surface area (Å²) in [4.78, 5) is 2.22. The highest BCUT2D eigenvalue weighted by atomic mass is 15.0. The van der Waals surface area contributed by atoms with Crippen molar-refractivity contribution in [2.24, 2.45) is 0 Å². The second-order valence-electron chi connectivity index (χ2n) is 4.59. The number of hydrogen-bond acceptors (Lipinski definition) is 1. The molecule has 0 saturated carbocycles. The van der Waals surface area contributed by atoms with E-state index in [1.165, 1.54) is 16.7 Å². The normalized spacial score (nSPS) is 11.4. The van der Waals surface area contributed by atoms with Crippen molar-refractivity contribution in [1.29, 1.82) is 0 Å². The van der Waals surface area contributed by atoms with Gasteiger partial charge in [0.05, 0.1) is 0 Å². The molecule has 0 bridgehead atoms. The van der Waals surface area contributed by atoms with Crippen molar-refractivity contribution >= 4 is 0 Å². The van der Waals surface area contributed by atoms with Crippen molar-refractivity contribution in [3.63, 3.8) is 0 Å². The Labute approximate surface area is 87.7 Å². The van der Waals surface area contributed by atoms with Crippen LogP contribution in [0.15, 0.2) is 18.2 Å². The van der Waals surface area contributed by atoms with E-state index in [-0.39, 0.29) is 0 Å². The van der Waals surface area contributed by atoms with Crippen molar-refractivity contribution in [3.8, 4) is 0 Å². The van der Waals surface area contributed by atoms with Gasteiger partial charge in [-0.2, -0.15) is 0 Å². The molecular formula is C13H21N. The molecule has 0 atom stereocenters. The van der Waals surface area contributed by atoms with E-state index in [0.29, 0.717) is 5.92 Å². The first kappa shape index (κ1) is 11.3. The molecule has 0 radical (unpaired) electrons. The minimum atomic E-state index is 0.616. The standard InChI is InChI=1S/C13H21N/c1-10(2)13-7-6-11(3)8-12(13)9-14(4)5/h6-8,10H,9H2,1-5H3. The van der Waals surface area contributed by atoms with Gasteiger partial charge in [0.15, 0.2) is 0 Å². The van der Waals surface area contributed by atoms with Gasteiger partial charge in [-0.1, -0.05) is 37.6 Å². The second-order valence-corrected chi connectivity index (χ2v) is 4.59. The van der Waals surface area contributed by atoms with E-state index in [9.17, 15) is 0 Å². The minimum Gasteiger partial charge on any atom is -0.305 e. The molecule has 14 heavy (non-hydrogen) atoms. The van der Waals surface area contributed by atoms with Crippen LogP contribution in [0.2, 0.25) is 0 Å². The van der Waals surface area contributed by atoms with Gasteiger partial charge in [0.2, 0.25) is 0 Å². The molecule has 0 heterocycles. The zero-order chi connectivity index (χ0) is 10.7. The van der Waals surface area contributed by atoms with Gasteiger partial charge in [-0.3, -0.25) is 0 Å². The molecule has 0 saturated heterocycles. The summed E-state index contributed by atoms with van der Waals surface area (Å²) in [6.07, 6.45) is 0. The Morgan fingerprint density at radius 2 is 1.86 bits per heavy atom. The summed E-state index contributed by atoms with van der Waals surface area (Å²) >= 11 is 0. The first-order chi connectivity index (χ1) is 6.50. The molecule has 0 aliphatic carbocycles. The lowest BCUT2D eigenvalue weighted by molar-refractivity contribution is 0.400. The van der Waals surface area contributed by atoms with E-state index >= 15 is 0 Å². The van der Waals surface area contributed by atoms with Crippen LogP contribution in [0, 0.1) is 6.92 Å². The fourth-order valence-electron chi connectivity index (χ4n) is 1.78. The molecule has 0 N–H and O–H groups in total. The van der Waals surface area contributed by atoms with E-state index in [1.807, 2.05) is 0 Å². The molecule has 1 aromatic carbocycles. The third-order valence-electron chi connectivity index (χ3n) is 2.41. The number of hydrogen-bond donors (Lipinski definition) is 0. The quantitative estimate of drug-likeness (QED) is 0.709. The van der Waals surface area contributed by atoms with E-state index in [0.717, 1.165) is 6.54 Å². The minimum absolute atomic E-state index is 0.616. The van der Waals surface area contributed by atoms with Crippen molar-refractivity contribution in [2.45, 2.75) is 33.2 Å². The lowest BCUT2D eigenvalue weighted by atomic mass is 9.95. The Morgan fingerprint density at radius 1 is 1.21 bits per heavy atom. The van der Waals surface area contributed by atoms with E-state index in [4.69, 9.17) is 0 Å². The third kappa shape index (κ3) is 2.85. The second kappa shape index (κ2) is 4.61. The third-order valence-corrected chi connectivity index (χ3v) is 2.41. The topological polar surface area (TPSA) is 3.24 Å². The lowest BCUT2D eigenvalue weighted by Gasteiger charge is -2.17. The van der Waals surface area contributed by atoms with Crippen LogP contribution in [0.25, 0.3) is 0 Å². The van der Waals surface area contributed by atoms with Crippen LogP contribution in [-0.2, 0) is 6.54 Å². The first-order valence-electron chi connectivity index (χ1n) is 5.25. The maximum atomic E-state index is 2.30. The molecule has 0 unspecified atom stereocenters. The summed E-state index contributed by atoms with van der Waals surface area (Å²) in [6, 6.07) is 6.77. The molecule has 1 aromatic rings. The fourth-order valence-corrected chi connectivity index (χ4v) is 1.78. The summed E-state index contributed by atoms with van der Waals surface area (Å²) in [5.41, 5.74) is 4.29. The highest BCUT2D eigenvalue weighted by molar-refractivity contribution is 5.33. The molecular weight excluding hydrogens is 170 g/mol. The van der Waals surface area contributed by atoms with Gasteiger partial charge >= 0.3 is 0 Å². The average Bonchev–Trinajstić information content (AvgIpc) is 2.01. The zero-order valence-corrected chi connectivity index (χ0v) is 9.96. The average molecular weight is 191 g/mol. The molecule has 0 fully saturated rings. The monoisotopic (exact) mass is 191 g/mol. The Hall–Kier alpha value is -0.820. The van der Waals surface area contributed by atoms with Crippen LogP contribution >= 0.6 is 0 Å². The van der Waals surface area contributed by atoms with Crippen molar-refractivity contribution < 1.29 is 0 Å². The molecule has 1 nitrogen and oxygen atoms in total. The Balaban J connectivity index is 3.03. The van der Waals surface area contributed by atoms with Gasteiger partial charge < -0.3 is 4.90 Å². The van der Waals surface area contributed by atoms with Crippen LogP contribution in [0.3, 0.4) is 0 Å². The first-order valence-corrected chi connectivity index (χ1v) is 5.25.